The summed E-state index contributed by atoms with van der Waals surface area (Å²) >= 11 is 5.02. The van der Waals surface area contributed by atoms with Crippen LogP contribution in [-0.2, 0) is 0 Å². The van der Waals surface area contributed by atoms with E-state index in [0.717, 1.165) is 27.9 Å². The van der Waals surface area contributed by atoms with E-state index in [9.17, 15) is 5.11 Å². The predicted molar refractivity (Wildman–Crippen MR) is 120 cm³/mol. The van der Waals surface area contributed by atoms with Crippen LogP contribution in [-0.4, -0.2) is 32.6 Å². The topological polar surface area (TPSA) is 89.4 Å². The number of aromatic hydroxyl groups is 1. The Morgan fingerprint density at radius 2 is 2.07 bits per heavy atom. The number of hydrogen-bond donors (Lipinski definition) is 2. The summed E-state index contributed by atoms with van der Waals surface area (Å²) in [6, 6.07) is 11.2. The monoisotopic (exact) mass is 488 g/mol. The average Bonchev–Trinajstić information content (AvgIpc) is 2.91. The molecule has 2 heterocycles. The molecule has 2 N–H and O–H groups in total. The molecular formula is C21H21BrN4O3S. The zero-order valence-corrected chi connectivity index (χ0v) is 19.0. The van der Waals surface area contributed by atoms with Gasteiger partial charge in [-0.1, -0.05) is 52.8 Å². The molecular weight excluding hydrogens is 468 g/mol. The van der Waals surface area contributed by atoms with Crippen molar-refractivity contribution in [3.8, 4) is 28.6 Å². The van der Waals surface area contributed by atoms with Crippen LogP contribution in [0.5, 0.6) is 17.4 Å². The molecule has 0 amide bonds. The number of phenols is 1. The number of nitrogens with zero attached hydrogens (tertiary/aromatic N) is 3. The summed E-state index contributed by atoms with van der Waals surface area (Å²) in [4.78, 5) is 4.60. The van der Waals surface area contributed by atoms with Crippen molar-refractivity contribution in [1.29, 1.82) is 0 Å². The van der Waals surface area contributed by atoms with Gasteiger partial charge in [0.15, 0.2) is 17.2 Å². The summed E-state index contributed by atoms with van der Waals surface area (Å²) < 4.78 is 12.6. The predicted octanol–water partition coefficient (Wildman–Crippen LogP) is 5.41. The summed E-state index contributed by atoms with van der Waals surface area (Å²) in [5, 5.41) is 23.4. The quantitative estimate of drug-likeness (QED) is 0.445. The normalized spacial score (nSPS) is 14.7. The fourth-order valence-corrected chi connectivity index (χ4v) is 4.19. The van der Waals surface area contributed by atoms with E-state index in [1.165, 1.54) is 11.8 Å². The molecule has 7 nitrogen and oxygen atoms in total. The van der Waals surface area contributed by atoms with Crippen molar-refractivity contribution < 1.29 is 14.6 Å². The van der Waals surface area contributed by atoms with E-state index in [1.54, 1.807) is 12.1 Å². The second-order valence-electron chi connectivity index (χ2n) is 6.56. The SMILES string of the molecule is CCCSc1nnc2c(n1)O[C@H](c1cc(Br)cc(OCC)c1O)Nc1ccccc1-2. The molecule has 0 aliphatic carbocycles. The fourth-order valence-electron chi connectivity index (χ4n) is 3.10. The standard InChI is InChI=1S/C21H21BrN4O3S/c1-3-9-30-21-24-20-17(25-26-21)13-7-5-6-8-15(13)23-19(29-20)14-10-12(22)11-16(18(14)27)28-4-2/h5-8,10-11,19,23,27H,3-4,9H2,1-2H3/t19-/m1/s1. The Labute approximate surface area is 187 Å². The number of rotatable bonds is 6. The number of phenolic OH excluding ortho intramolecular Hbond substituents is 1. The number of anilines is 1. The molecule has 0 saturated heterocycles. The highest BCUT2D eigenvalue weighted by atomic mass is 79.9. The van der Waals surface area contributed by atoms with Gasteiger partial charge < -0.3 is 19.9 Å². The van der Waals surface area contributed by atoms with Crippen LogP contribution in [0.4, 0.5) is 5.69 Å². The maximum absolute atomic E-state index is 10.8. The number of thioether (sulfide) groups is 1. The molecule has 2 aromatic carbocycles. The number of benzene rings is 2. The highest BCUT2D eigenvalue weighted by molar-refractivity contribution is 9.10. The van der Waals surface area contributed by atoms with Crippen LogP contribution in [0.1, 0.15) is 32.1 Å². The van der Waals surface area contributed by atoms with Crippen LogP contribution in [0.2, 0.25) is 0 Å². The van der Waals surface area contributed by atoms with Gasteiger partial charge in [-0.2, -0.15) is 4.98 Å². The highest BCUT2D eigenvalue weighted by Gasteiger charge is 2.29. The highest BCUT2D eigenvalue weighted by Crippen LogP contribution is 2.43. The van der Waals surface area contributed by atoms with Crippen molar-refractivity contribution >= 4 is 33.4 Å². The number of aromatic nitrogens is 3. The van der Waals surface area contributed by atoms with Gasteiger partial charge in [-0.3, -0.25) is 0 Å². The minimum absolute atomic E-state index is 0.0149. The Morgan fingerprint density at radius 3 is 2.87 bits per heavy atom. The van der Waals surface area contributed by atoms with Gasteiger partial charge in [0, 0.05) is 21.5 Å². The lowest BCUT2D eigenvalue weighted by Crippen LogP contribution is -2.17. The van der Waals surface area contributed by atoms with Crippen molar-refractivity contribution in [3.63, 3.8) is 0 Å². The third kappa shape index (κ3) is 4.17. The molecule has 156 valence electrons. The van der Waals surface area contributed by atoms with E-state index >= 15 is 0 Å². The Kier molecular flexibility index (Phi) is 6.29. The van der Waals surface area contributed by atoms with Crippen molar-refractivity contribution in [1.82, 2.24) is 15.2 Å². The molecule has 0 radical (unpaired) electrons. The Bertz CT molecular complexity index is 1070. The fraction of sp³-hybridized carbons (Fsp3) is 0.286. The van der Waals surface area contributed by atoms with Crippen LogP contribution in [0.15, 0.2) is 46.0 Å². The first-order valence-corrected chi connectivity index (χ1v) is 11.4. The van der Waals surface area contributed by atoms with Crippen LogP contribution < -0.4 is 14.8 Å². The molecule has 4 rings (SSSR count). The first-order valence-electron chi connectivity index (χ1n) is 9.66. The van der Waals surface area contributed by atoms with Gasteiger partial charge in [0.25, 0.3) is 0 Å². The summed E-state index contributed by atoms with van der Waals surface area (Å²) in [5.74, 6) is 1.65. The van der Waals surface area contributed by atoms with Crippen LogP contribution in [0, 0.1) is 0 Å². The second-order valence-corrected chi connectivity index (χ2v) is 8.54. The van der Waals surface area contributed by atoms with Crippen molar-refractivity contribution in [2.24, 2.45) is 0 Å². The minimum atomic E-state index is -0.704. The smallest absolute Gasteiger partial charge is 0.247 e. The average molecular weight is 489 g/mol. The Balaban J connectivity index is 1.82. The van der Waals surface area contributed by atoms with Crippen LogP contribution >= 0.6 is 27.7 Å². The number of halogens is 1. The molecule has 0 saturated carbocycles. The molecule has 0 unspecified atom stereocenters. The van der Waals surface area contributed by atoms with Gasteiger partial charge in [0.05, 0.1) is 12.2 Å². The lowest BCUT2D eigenvalue weighted by atomic mass is 10.1. The lowest BCUT2D eigenvalue weighted by Gasteiger charge is -2.21. The van der Waals surface area contributed by atoms with Gasteiger partial charge in [0.1, 0.15) is 0 Å². The maximum Gasteiger partial charge on any atom is 0.247 e. The minimum Gasteiger partial charge on any atom is -0.504 e. The van der Waals surface area contributed by atoms with E-state index in [0.29, 0.717) is 34.7 Å². The maximum atomic E-state index is 10.8. The number of ether oxygens (including phenoxy) is 2. The van der Waals surface area contributed by atoms with Crippen LogP contribution in [0.3, 0.4) is 0 Å². The zero-order chi connectivity index (χ0) is 21.1. The molecule has 0 spiro atoms. The molecule has 1 atom stereocenters. The molecule has 1 aliphatic heterocycles. The van der Waals surface area contributed by atoms with E-state index < -0.39 is 6.23 Å². The van der Waals surface area contributed by atoms with E-state index in [2.05, 4.69) is 43.4 Å². The lowest BCUT2D eigenvalue weighted by molar-refractivity contribution is 0.218. The number of fused-ring (bicyclic) bond motifs is 3. The van der Waals surface area contributed by atoms with Crippen molar-refractivity contribution in [2.45, 2.75) is 31.7 Å². The molecule has 1 aromatic heterocycles. The molecule has 9 heteroatoms. The molecule has 3 aromatic rings. The van der Waals surface area contributed by atoms with E-state index in [-0.39, 0.29) is 5.75 Å². The third-order valence-corrected chi connectivity index (χ3v) is 5.92. The van der Waals surface area contributed by atoms with Gasteiger partial charge in [0.2, 0.25) is 17.3 Å². The van der Waals surface area contributed by atoms with E-state index in [1.807, 2.05) is 31.2 Å². The zero-order valence-electron chi connectivity index (χ0n) is 16.6. The third-order valence-electron chi connectivity index (χ3n) is 4.42. The van der Waals surface area contributed by atoms with Gasteiger partial charge >= 0.3 is 0 Å². The number of hydrogen-bond acceptors (Lipinski definition) is 8. The molecule has 0 fully saturated rings. The largest absolute Gasteiger partial charge is 0.504 e. The summed E-state index contributed by atoms with van der Waals surface area (Å²) in [6.45, 7) is 4.40. The Hall–Kier alpha value is -2.52. The van der Waals surface area contributed by atoms with Gasteiger partial charge in [-0.25, -0.2) is 0 Å². The molecule has 0 bridgehead atoms. The number of nitrogens with one attached hydrogen (secondary N) is 1. The first-order chi connectivity index (χ1) is 14.6. The summed E-state index contributed by atoms with van der Waals surface area (Å²) in [5.41, 5.74) is 2.73. The van der Waals surface area contributed by atoms with Gasteiger partial charge in [-0.05, 0) is 31.5 Å². The summed E-state index contributed by atoms with van der Waals surface area (Å²) in [7, 11) is 0. The molecule has 1 aliphatic rings. The second kappa shape index (κ2) is 9.09. The first kappa shape index (κ1) is 20.7. The molecule has 30 heavy (non-hydrogen) atoms. The van der Waals surface area contributed by atoms with E-state index in [4.69, 9.17) is 9.47 Å². The van der Waals surface area contributed by atoms with Crippen LogP contribution in [0.25, 0.3) is 11.3 Å². The van der Waals surface area contributed by atoms with Crippen molar-refractivity contribution in [3.05, 3.63) is 46.4 Å². The summed E-state index contributed by atoms with van der Waals surface area (Å²) in [6.07, 6.45) is 0.301. The van der Waals surface area contributed by atoms with Crippen molar-refractivity contribution in [2.75, 3.05) is 17.7 Å². The number of para-hydroxylation sites is 1. The Morgan fingerprint density at radius 1 is 1.23 bits per heavy atom. The van der Waals surface area contributed by atoms with Gasteiger partial charge in [-0.15, -0.1) is 10.2 Å².